The van der Waals surface area contributed by atoms with Crippen LogP contribution in [0.5, 0.6) is 0 Å². The van der Waals surface area contributed by atoms with Gasteiger partial charge in [0, 0.05) is 23.7 Å². The zero-order chi connectivity index (χ0) is 15.1. The molecule has 0 aromatic heterocycles. The molecule has 5 heteroatoms. The van der Waals surface area contributed by atoms with Gasteiger partial charge in [-0.3, -0.25) is 0 Å². The fourth-order valence-corrected chi connectivity index (χ4v) is 4.94. The van der Waals surface area contributed by atoms with E-state index in [2.05, 4.69) is 6.92 Å². The van der Waals surface area contributed by atoms with Crippen LogP contribution in [0.2, 0.25) is 0 Å². The van der Waals surface area contributed by atoms with E-state index in [-0.39, 0.29) is 0 Å². The summed E-state index contributed by atoms with van der Waals surface area (Å²) in [6.45, 7) is 3.41. The molecule has 3 nitrogen and oxygen atoms in total. The average Bonchev–Trinajstić information content (AvgIpc) is 2.73. The average molecular weight is 325 g/mol. The summed E-state index contributed by atoms with van der Waals surface area (Å²) in [5, 5.41) is 1.78. The Morgan fingerprint density at radius 2 is 2.05 bits per heavy atom. The molecule has 1 saturated heterocycles. The van der Waals surface area contributed by atoms with Gasteiger partial charge in [0.2, 0.25) is 10.0 Å². The van der Waals surface area contributed by atoms with Crippen molar-refractivity contribution >= 4 is 27.9 Å². The summed E-state index contributed by atoms with van der Waals surface area (Å²) in [5.41, 5.74) is 0.912. The summed E-state index contributed by atoms with van der Waals surface area (Å²) in [7, 11) is -3.32. The van der Waals surface area contributed by atoms with Gasteiger partial charge in [-0.15, -0.1) is 0 Å². The molecular weight excluding hydrogens is 302 g/mol. The summed E-state index contributed by atoms with van der Waals surface area (Å²) in [6.07, 6.45) is 4.88. The monoisotopic (exact) mass is 325 g/mol. The van der Waals surface area contributed by atoms with E-state index >= 15 is 0 Å². The maximum atomic E-state index is 12.5. The molecule has 0 radical (unpaired) electrons. The lowest BCUT2D eigenvalue weighted by Gasteiger charge is -2.21. The highest BCUT2D eigenvalue weighted by Gasteiger charge is 2.25. The van der Waals surface area contributed by atoms with E-state index in [0.29, 0.717) is 18.3 Å². The van der Waals surface area contributed by atoms with Gasteiger partial charge >= 0.3 is 0 Å². The van der Waals surface area contributed by atoms with Crippen molar-refractivity contribution in [3.8, 4) is 0 Å². The van der Waals surface area contributed by atoms with Crippen molar-refractivity contribution in [2.24, 2.45) is 0 Å². The SMILES string of the molecule is CCSC1CCCCN(S(=O)(=O)C=Cc2ccccc2)C1. The van der Waals surface area contributed by atoms with Gasteiger partial charge in [-0.25, -0.2) is 8.42 Å². The molecule has 0 bridgehead atoms. The Bertz CT molecular complexity index is 555. The first-order chi connectivity index (χ1) is 10.1. The minimum absolute atomic E-state index is 0.428. The Morgan fingerprint density at radius 3 is 2.76 bits per heavy atom. The van der Waals surface area contributed by atoms with Gasteiger partial charge in [-0.1, -0.05) is 43.7 Å². The molecule has 0 aliphatic carbocycles. The number of nitrogens with zero attached hydrogens (tertiary/aromatic N) is 1. The lowest BCUT2D eigenvalue weighted by Crippen LogP contribution is -2.34. The first-order valence-electron chi connectivity index (χ1n) is 7.46. The standard InChI is InChI=1S/C16H23NO2S2/c1-2-20-16-10-6-7-12-17(14-16)21(18,19)13-11-15-8-4-3-5-9-15/h3-5,8-9,11,13,16H,2,6-7,10,12,14H2,1H3. The maximum Gasteiger partial charge on any atom is 0.236 e. The molecule has 1 heterocycles. The molecular formula is C16H23NO2S2. The minimum Gasteiger partial charge on any atom is -0.208 e. The van der Waals surface area contributed by atoms with Crippen LogP contribution in [0.1, 0.15) is 31.7 Å². The van der Waals surface area contributed by atoms with Gasteiger partial charge in [0.1, 0.15) is 0 Å². The molecule has 0 saturated carbocycles. The molecule has 2 rings (SSSR count). The molecule has 116 valence electrons. The molecule has 0 N–H and O–H groups in total. The Labute approximate surface area is 132 Å². The second-order valence-electron chi connectivity index (χ2n) is 5.19. The van der Waals surface area contributed by atoms with E-state index < -0.39 is 10.0 Å². The number of rotatable bonds is 5. The van der Waals surface area contributed by atoms with E-state index in [1.807, 2.05) is 42.1 Å². The van der Waals surface area contributed by atoms with Gasteiger partial charge in [-0.2, -0.15) is 16.1 Å². The summed E-state index contributed by atoms with van der Waals surface area (Å²) >= 11 is 1.87. The largest absolute Gasteiger partial charge is 0.236 e. The topological polar surface area (TPSA) is 37.4 Å². The third kappa shape index (κ3) is 5.16. The molecule has 0 spiro atoms. The summed E-state index contributed by atoms with van der Waals surface area (Å²) in [5.74, 6) is 1.04. The number of benzene rings is 1. The van der Waals surface area contributed by atoms with Crippen molar-refractivity contribution in [3.05, 3.63) is 41.3 Å². The lowest BCUT2D eigenvalue weighted by atomic mass is 10.2. The molecule has 1 fully saturated rings. The molecule has 1 aromatic carbocycles. The second-order valence-corrected chi connectivity index (χ2v) is 8.59. The van der Waals surface area contributed by atoms with Gasteiger partial charge in [0.25, 0.3) is 0 Å². The highest BCUT2D eigenvalue weighted by molar-refractivity contribution is 8.00. The van der Waals surface area contributed by atoms with Gasteiger partial charge in [0.05, 0.1) is 0 Å². The minimum atomic E-state index is -3.32. The molecule has 1 atom stereocenters. The van der Waals surface area contributed by atoms with Gasteiger partial charge in [0.15, 0.2) is 0 Å². The molecule has 1 aromatic rings. The van der Waals surface area contributed by atoms with Crippen LogP contribution in [-0.4, -0.2) is 36.8 Å². The number of hydrogen-bond acceptors (Lipinski definition) is 3. The normalized spacial score (nSPS) is 21.5. The molecule has 1 aliphatic rings. The Hall–Kier alpha value is -0.780. The Morgan fingerprint density at radius 1 is 1.29 bits per heavy atom. The Kier molecular flexibility index (Phi) is 6.33. The van der Waals surface area contributed by atoms with Crippen LogP contribution in [0.25, 0.3) is 6.08 Å². The van der Waals surface area contributed by atoms with Crippen LogP contribution in [0.3, 0.4) is 0 Å². The molecule has 21 heavy (non-hydrogen) atoms. The number of sulfonamides is 1. The molecule has 1 aliphatic heterocycles. The first kappa shape index (κ1) is 16.6. The van der Waals surface area contributed by atoms with E-state index in [4.69, 9.17) is 0 Å². The summed E-state index contributed by atoms with van der Waals surface area (Å²) in [6, 6.07) is 9.56. The van der Waals surface area contributed by atoms with Crippen LogP contribution in [-0.2, 0) is 10.0 Å². The van der Waals surface area contributed by atoms with E-state index in [9.17, 15) is 8.42 Å². The van der Waals surface area contributed by atoms with Crippen LogP contribution in [0.4, 0.5) is 0 Å². The second kappa shape index (κ2) is 8.01. The highest BCUT2D eigenvalue weighted by atomic mass is 32.2. The van der Waals surface area contributed by atoms with Crippen LogP contribution >= 0.6 is 11.8 Å². The van der Waals surface area contributed by atoms with E-state index in [1.54, 1.807) is 10.4 Å². The quantitative estimate of drug-likeness (QED) is 0.830. The van der Waals surface area contributed by atoms with Crippen LogP contribution in [0, 0.1) is 0 Å². The maximum absolute atomic E-state index is 12.5. The van der Waals surface area contributed by atoms with Crippen molar-refractivity contribution in [3.63, 3.8) is 0 Å². The third-order valence-electron chi connectivity index (χ3n) is 3.59. The third-order valence-corrected chi connectivity index (χ3v) is 6.31. The molecule has 1 unspecified atom stereocenters. The first-order valence-corrected chi connectivity index (χ1v) is 10.0. The zero-order valence-corrected chi connectivity index (χ0v) is 14.1. The van der Waals surface area contributed by atoms with Crippen LogP contribution in [0.15, 0.2) is 35.7 Å². The predicted octanol–water partition coefficient (Wildman–Crippen LogP) is 3.59. The van der Waals surface area contributed by atoms with Crippen molar-refractivity contribution in [2.45, 2.75) is 31.4 Å². The fraction of sp³-hybridized carbons (Fsp3) is 0.500. The van der Waals surface area contributed by atoms with Crippen molar-refractivity contribution in [2.75, 3.05) is 18.8 Å². The highest BCUT2D eigenvalue weighted by Crippen LogP contribution is 2.24. The smallest absolute Gasteiger partial charge is 0.208 e. The van der Waals surface area contributed by atoms with Crippen molar-refractivity contribution in [1.82, 2.24) is 4.31 Å². The summed E-state index contributed by atoms with van der Waals surface area (Å²) < 4.78 is 26.6. The predicted molar refractivity (Wildman–Crippen MR) is 91.7 cm³/mol. The lowest BCUT2D eigenvalue weighted by molar-refractivity contribution is 0.433. The zero-order valence-electron chi connectivity index (χ0n) is 12.4. The summed E-state index contributed by atoms with van der Waals surface area (Å²) in [4.78, 5) is 0. The fourth-order valence-electron chi connectivity index (χ4n) is 2.49. The van der Waals surface area contributed by atoms with Crippen molar-refractivity contribution < 1.29 is 8.42 Å². The number of thioether (sulfide) groups is 1. The van der Waals surface area contributed by atoms with Gasteiger partial charge < -0.3 is 0 Å². The molecule has 0 amide bonds. The van der Waals surface area contributed by atoms with E-state index in [0.717, 1.165) is 30.6 Å². The van der Waals surface area contributed by atoms with Gasteiger partial charge in [-0.05, 0) is 30.2 Å². The number of hydrogen-bond donors (Lipinski definition) is 0. The Balaban J connectivity index is 2.08. The van der Waals surface area contributed by atoms with Crippen LogP contribution < -0.4 is 0 Å². The van der Waals surface area contributed by atoms with E-state index in [1.165, 1.54) is 5.41 Å². The van der Waals surface area contributed by atoms with Crippen molar-refractivity contribution in [1.29, 1.82) is 0 Å².